The minimum atomic E-state index is -0.471. The molecular weight excluding hydrogens is 438 g/mol. The fraction of sp³-hybridized carbons (Fsp3) is 0.227. The van der Waals surface area contributed by atoms with Gasteiger partial charge in [0, 0.05) is 23.8 Å². The van der Waals surface area contributed by atoms with Crippen LogP contribution in [0.3, 0.4) is 0 Å². The summed E-state index contributed by atoms with van der Waals surface area (Å²) in [6.45, 7) is 2.28. The minimum Gasteiger partial charge on any atom is -0.484 e. The van der Waals surface area contributed by atoms with Crippen molar-refractivity contribution in [2.45, 2.75) is 24.4 Å². The quantitative estimate of drug-likeness (QED) is 0.263. The predicted molar refractivity (Wildman–Crippen MR) is 119 cm³/mol. The molecule has 7 nitrogen and oxygen atoms in total. The molecule has 4 rings (SSSR count). The minimum absolute atomic E-state index is 0.222. The highest BCUT2D eigenvalue weighted by atomic mass is 35.5. The number of carbonyl (C=O) groups is 1. The zero-order valence-electron chi connectivity index (χ0n) is 17.0. The standard InChI is InChI=1S/C22H20ClN3O4S/c1-3-28-21(27)20-15(14-8-4-6-10-17(14)30-20)13-31-22-25-24-19(26(22)2)12-29-18-11-7-5-9-16(18)23/h4-11H,3,12-13H2,1-2H3. The number of esters is 1. The molecule has 2 heterocycles. The monoisotopic (exact) mass is 457 g/mol. The summed E-state index contributed by atoms with van der Waals surface area (Å²) in [4.78, 5) is 12.4. The van der Waals surface area contributed by atoms with Crippen LogP contribution in [0.2, 0.25) is 5.02 Å². The second kappa shape index (κ2) is 9.45. The van der Waals surface area contributed by atoms with E-state index in [0.29, 0.717) is 33.1 Å². The van der Waals surface area contributed by atoms with Crippen LogP contribution in [0.4, 0.5) is 0 Å². The van der Waals surface area contributed by atoms with E-state index in [2.05, 4.69) is 10.2 Å². The Kier molecular flexibility index (Phi) is 6.48. The maximum Gasteiger partial charge on any atom is 0.374 e. The van der Waals surface area contributed by atoms with Crippen molar-refractivity contribution in [1.29, 1.82) is 0 Å². The van der Waals surface area contributed by atoms with Crippen LogP contribution in [0, 0.1) is 0 Å². The third kappa shape index (κ3) is 4.55. The van der Waals surface area contributed by atoms with Crippen molar-refractivity contribution in [3.8, 4) is 5.75 Å². The third-order valence-corrected chi connectivity index (χ3v) is 5.98. The maximum atomic E-state index is 12.4. The molecule has 2 aromatic carbocycles. The topological polar surface area (TPSA) is 79.4 Å². The molecule has 2 aromatic heterocycles. The SMILES string of the molecule is CCOC(=O)c1oc2ccccc2c1CSc1nnc(COc2ccccc2Cl)n1C. The Hall–Kier alpha value is -2.97. The number of fused-ring (bicyclic) bond motifs is 1. The largest absolute Gasteiger partial charge is 0.484 e. The average molecular weight is 458 g/mol. The van der Waals surface area contributed by atoms with Gasteiger partial charge in [0.1, 0.15) is 17.9 Å². The van der Waals surface area contributed by atoms with Gasteiger partial charge in [-0.25, -0.2) is 4.79 Å². The molecule has 0 bridgehead atoms. The number of carbonyl (C=O) groups excluding carboxylic acids is 1. The first kappa shape index (κ1) is 21.3. The number of thioether (sulfide) groups is 1. The molecule has 31 heavy (non-hydrogen) atoms. The average Bonchev–Trinajstić information content (AvgIpc) is 3.32. The van der Waals surface area contributed by atoms with Crippen molar-refractivity contribution < 1.29 is 18.7 Å². The van der Waals surface area contributed by atoms with Gasteiger partial charge in [0.25, 0.3) is 0 Å². The lowest BCUT2D eigenvalue weighted by molar-refractivity contribution is 0.0491. The van der Waals surface area contributed by atoms with Gasteiger partial charge >= 0.3 is 5.97 Å². The summed E-state index contributed by atoms with van der Waals surface area (Å²) in [5.41, 5.74) is 1.42. The van der Waals surface area contributed by atoms with Crippen molar-refractivity contribution in [2.75, 3.05) is 6.61 Å². The highest BCUT2D eigenvalue weighted by Gasteiger charge is 2.22. The van der Waals surface area contributed by atoms with Crippen LogP contribution in [0.15, 0.2) is 58.1 Å². The van der Waals surface area contributed by atoms with E-state index in [1.54, 1.807) is 19.1 Å². The van der Waals surface area contributed by atoms with Crippen LogP contribution in [0.5, 0.6) is 5.75 Å². The second-order valence-electron chi connectivity index (χ2n) is 6.59. The normalized spacial score (nSPS) is 11.1. The molecule has 9 heteroatoms. The van der Waals surface area contributed by atoms with Crippen molar-refractivity contribution in [3.05, 3.63) is 70.7 Å². The van der Waals surface area contributed by atoms with Crippen molar-refractivity contribution >= 4 is 40.3 Å². The number of rotatable bonds is 8. The molecule has 0 radical (unpaired) electrons. The van der Waals surface area contributed by atoms with Gasteiger partial charge in [-0.15, -0.1) is 10.2 Å². The number of nitrogens with zero attached hydrogens (tertiary/aromatic N) is 3. The van der Waals surface area contributed by atoms with Gasteiger partial charge in [0.2, 0.25) is 5.76 Å². The first-order valence-corrected chi connectivity index (χ1v) is 11.0. The number of ether oxygens (including phenoxy) is 2. The van der Waals surface area contributed by atoms with Crippen molar-refractivity contribution in [3.63, 3.8) is 0 Å². The van der Waals surface area contributed by atoms with E-state index in [0.717, 1.165) is 10.9 Å². The fourth-order valence-corrected chi connectivity index (χ4v) is 4.19. The Morgan fingerprint density at radius 1 is 1.16 bits per heavy atom. The Morgan fingerprint density at radius 2 is 1.94 bits per heavy atom. The van der Waals surface area contributed by atoms with Crippen molar-refractivity contribution in [2.24, 2.45) is 7.05 Å². The van der Waals surface area contributed by atoms with Gasteiger partial charge in [-0.1, -0.05) is 53.7 Å². The summed E-state index contributed by atoms with van der Waals surface area (Å²) in [6, 6.07) is 14.8. The maximum absolute atomic E-state index is 12.4. The molecule has 0 aliphatic carbocycles. The highest BCUT2D eigenvalue weighted by molar-refractivity contribution is 7.98. The lowest BCUT2D eigenvalue weighted by Gasteiger charge is -2.08. The summed E-state index contributed by atoms with van der Waals surface area (Å²) in [5, 5.41) is 10.6. The van der Waals surface area contributed by atoms with E-state index in [4.69, 9.17) is 25.5 Å². The first-order chi connectivity index (χ1) is 15.1. The number of hydrogen-bond acceptors (Lipinski definition) is 7. The van der Waals surface area contributed by atoms with Gasteiger partial charge < -0.3 is 18.5 Å². The molecule has 0 saturated heterocycles. The van der Waals surface area contributed by atoms with Crippen LogP contribution < -0.4 is 4.74 Å². The van der Waals surface area contributed by atoms with E-state index in [1.807, 2.05) is 48.0 Å². The van der Waals surface area contributed by atoms with Crippen LogP contribution >= 0.6 is 23.4 Å². The first-order valence-electron chi connectivity index (χ1n) is 9.64. The Labute approximate surface area is 188 Å². The van der Waals surface area contributed by atoms with Crippen LogP contribution in [0.25, 0.3) is 11.0 Å². The molecule has 160 valence electrons. The molecule has 0 atom stereocenters. The molecule has 0 aliphatic rings. The lowest BCUT2D eigenvalue weighted by Crippen LogP contribution is -2.06. The van der Waals surface area contributed by atoms with Gasteiger partial charge in [0.15, 0.2) is 11.0 Å². The van der Waals surface area contributed by atoms with E-state index in [1.165, 1.54) is 11.8 Å². The molecule has 0 amide bonds. The molecule has 0 N–H and O–H groups in total. The smallest absolute Gasteiger partial charge is 0.374 e. The molecule has 0 fully saturated rings. The van der Waals surface area contributed by atoms with Crippen LogP contribution in [0.1, 0.15) is 28.9 Å². The van der Waals surface area contributed by atoms with E-state index < -0.39 is 5.97 Å². The highest BCUT2D eigenvalue weighted by Crippen LogP contribution is 2.32. The molecule has 0 saturated carbocycles. The Morgan fingerprint density at radius 3 is 2.74 bits per heavy atom. The second-order valence-corrected chi connectivity index (χ2v) is 7.94. The lowest BCUT2D eigenvalue weighted by atomic mass is 10.1. The number of benzene rings is 2. The van der Waals surface area contributed by atoms with Gasteiger partial charge in [0.05, 0.1) is 11.6 Å². The van der Waals surface area contributed by atoms with Gasteiger partial charge in [-0.3, -0.25) is 0 Å². The number of aromatic nitrogens is 3. The fourth-order valence-electron chi connectivity index (χ4n) is 3.04. The number of para-hydroxylation sites is 2. The summed E-state index contributed by atoms with van der Waals surface area (Å²) >= 11 is 7.59. The Balaban J connectivity index is 1.51. The number of hydrogen-bond donors (Lipinski definition) is 0. The van der Waals surface area contributed by atoms with E-state index in [9.17, 15) is 4.79 Å². The van der Waals surface area contributed by atoms with Crippen LogP contribution in [-0.4, -0.2) is 27.3 Å². The van der Waals surface area contributed by atoms with Crippen LogP contribution in [-0.2, 0) is 24.1 Å². The van der Waals surface area contributed by atoms with E-state index in [-0.39, 0.29) is 19.0 Å². The summed E-state index contributed by atoms with van der Waals surface area (Å²) in [5.74, 6) is 1.47. The molecule has 0 aliphatic heterocycles. The molecule has 4 aromatic rings. The molecular formula is C22H20ClN3O4S. The summed E-state index contributed by atoms with van der Waals surface area (Å²) in [6.07, 6.45) is 0. The Bertz CT molecular complexity index is 1220. The van der Waals surface area contributed by atoms with Crippen molar-refractivity contribution in [1.82, 2.24) is 14.8 Å². The predicted octanol–water partition coefficient (Wildman–Crippen LogP) is 5.26. The third-order valence-electron chi connectivity index (χ3n) is 4.62. The number of halogens is 1. The summed E-state index contributed by atoms with van der Waals surface area (Å²) in [7, 11) is 1.87. The van der Waals surface area contributed by atoms with Gasteiger partial charge in [-0.05, 0) is 25.1 Å². The summed E-state index contributed by atoms with van der Waals surface area (Å²) < 4.78 is 18.5. The number of furan rings is 1. The zero-order chi connectivity index (χ0) is 21.8. The molecule has 0 spiro atoms. The zero-order valence-corrected chi connectivity index (χ0v) is 18.6. The van der Waals surface area contributed by atoms with E-state index >= 15 is 0 Å². The molecule has 0 unspecified atom stereocenters. The van der Waals surface area contributed by atoms with Gasteiger partial charge in [-0.2, -0.15) is 0 Å².